The summed E-state index contributed by atoms with van der Waals surface area (Å²) in [5.74, 6) is 1.66. The molecule has 3 aromatic rings. The summed E-state index contributed by atoms with van der Waals surface area (Å²) >= 11 is 5.81. The number of sulfonamides is 1. The topological polar surface area (TPSA) is 59.8 Å². The van der Waals surface area contributed by atoms with Gasteiger partial charge in [-0.3, -0.25) is 4.31 Å². The summed E-state index contributed by atoms with van der Waals surface area (Å²) in [6.07, 6.45) is 2.62. The first-order valence-corrected chi connectivity index (χ1v) is 11.9. The molecule has 0 N–H and O–H groups in total. The number of benzene rings is 2. The van der Waals surface area contributed by atoms with Crippen molar-refractivity contribution in [3.8, 4) is 5.75 Å². The van der Waals surface area contributed by atoms with E-state index in [0.29, 0.717) is 35.9 Å². The molecule has 1 heterocycles. The zero-order valence-corrected chi connectivity index (χ0v) is 19.2. The Labute approximate surface area is 189 Å². The monoisotopic (exact) mass is 459 g/mol. The number of hydrogen-bond acceptors (Lipinski definition) is 4. The Balaban J connectivity index is 2.14. The van der Waals surface area contributed by atoms with Crippen LogP contribution in [0.3, 0.4) is 0 Å². The largest absolute Gasteiger partial charge is 0.497 e. The molecule has 0 aliphatic rings. The summed E-state index contributed by atoms with van der Waals surface area (Å²) in [4.78, 5) is 0.194. The standard InChI is InChI=1S/C24H26ClNO4S/c1-18(2)17-23(24-5-4-16-30-24)26(20-8-10-21(29-3)11-9-20)31(27,28)22-12-6-19(7-13-22)14-15-25/h4-13,16,23H,1,14-15,17H2,2-3H3. The number of ether oxygens (including phenoxy) is 1. The highest BCUT2D eigenvalue weighted by molar-refractivity contribution is 7.92. The summed E-state index contributed by atoms with van der Waals surface area (Å²) in [5, 5.41) is 0. The summed E-state index contributed by atoms with van der Waals surface area (Å²) in [7, 11) is -2.35. The van der Waals surface area contributed by atoms with Crippen LogP contribution < -0.4 is 9.04 Å². The van der Waals surface area contributed by atoms with E-state index in [1.807, 2.05) is 6.92 Å². The van der Waals surface area contributed by atoms with Crippen molar-refractivity contribution in [1.82, 2.24) is 0 Å². The van der Waals surface area contributed by atoms with Crippen molar-refractivity contribution in [1.29, 1.82) is 0 Å². The van der Waals surface area contributed by atoms with Crippen molar-refractivity contribution in [2.24, 2.45) is 0 Å². The van der Waals surface area contributed by atoms with Crippen LogP contribution in [0.1, 0.15) is 30.7 Å². The van der Waals surface area contributed by atoms with Crippen LogP contribution in [-0.2, 0) is 16.4 Å². The molecular weight excluding hydrogens is 434 g/mol. The molecule has 0 spiro atoms. The van der Waals surface area contributed by atoms with Gasteiger partial charge >= 0.3 is 0 Å². The summed E-state index contributed by atoms with van der Waals surface area (Å²) in [6, 6.07) is 16.7. The average Bonchev–Trinajstić information content (AvgIpc) is 3.29. The zero-order chi connectivity index (χ0) is 22.4. The van der Waals surface area contributed by atoms with Gasteiger partial charge in [-0.05, 0) is 73.9 Å². The van der Waals surface area contributed by atoms with Crippen molar-refractivity contribution >= 4 is 27.3 Å². The Morgan fingerprint density at radius 2 is 1.81 bits per heavy atom. The molecule has 7 heteroatoms. The maximum absolute atomic E-state index is 13.9. The lowest BCUT2D eigenvalue weighted by Gasteiger charge is -2.32. The smallest absolute Gasteiger partial charge is 0.264 e. The number of rotatable bonds is 10. The number of nitrogens with zero attached hydrogens (tertiary/aromatic N) is 1. The molecule has 1 atom stereocenters. The average molecular weight is 460 g/mol. The van der Waals surface area contributed by atoms with Gasteiger partial charge in [0.1, 0.15) is 17.6 Å². The highest BCUT2D eigenvalue weighted by Crippen LogP contribution is 2.37. The van der Waals surface area contributed by atoms with Crippen LogP contribution in [0.15, 0.2) is 88.4 Å². The molecule has 0 aliphatic heterocycles. The van der Waals surface area contributed by atoms with Gasteiger partial charge in [-0.15, -0.1) is 18.2 Å². The lowest BCUT2D eigenvalue weighted by molar-refractivity contribution is 0.414. The molecule has 1 unspecified atom stereocenters. The van der Waals surface area contributed by atoms with Gasteiger partial charge in [0.05, 0.1) is 24.0 Å². The van der Waals surface area contributed by atoms with Crippen molar-refractivity contribution < 1.29 is 17.6 Å². The first-order valence-electron chi connectivity index (χ1n) is 9.88. The molecule has 31 heavy (non-hydrogen) atoms. The second-order valence-corrected chi connectivity index (χ2v) is 9.47. The lowest BCUT2D eigenvalue weighted by atomic mass is 10.1. The molecule has 0 saturated heterocycles. The number of aryl methyl sites for hydroxylation is 1. The molecule has 0 fully saturated rings. The van der Waals surface area contributed by atoms with Crippen molar-refractivity contribution in [2.75, 3.05) is 17.3 Å². The molecular formula is C24H26ClNO4S. The van der Waals surface area contributed by atoms with E-state index in [1.165, 1.54) is 4.31 Å². The molecule has 5 nitrogen and oxygen atoms in total. The van der Waals surface area contributed by atoms with Crippen molar-refractivity contribution in [3.63, 3.8) is 0 Å². The van der Waals surface area contributed by atoms with Gasteiger partial charge in [-0.2, -0.15) is 0 Å². The Hall–Kier alpha value is -2.70. The number of anilines is 1. The van der Waals surface area contributed by atoms with Crippen LogP contribution in [0.5, 0.6) is 5.75 Å². The van der Waals surface area contributed by atoms with E-state index in [9.17, 15) is 8.42 Å². The van der Waals surface area contributed by atoms with Gasteiger partial charge in [-0.25, -0.2) is 8.42 Å². The third kappa shape index (κ3) is 5.32. The van der Waals surface area contributed by atoms with E-state index >= 15 is 0 Å². The molecule has 3 rings (SSSR count). The van der Waals surface area contributed by atoms with E-state index in [0.717, 1.165) is 11.1 Å². The lowest BCUT2D eigenvalue weighted by Crippen LogP contribution is -2.35. The van der Waals surface area contributed by atoms with Gasteiger partial charge in [-0.1, -0.05) is 17.7 Å². The molecule has 1 aromatic heterocycles. The van der Waals surface area contributed by atoms with E-state index in [1.54, 1.807) is 74.0 Å². The third-order valence-electron chi connectivity index (χ3n) is 4.89. The fraction of sp³-hybridized carbons (Fsp3) is 0.250. The van der Waals surface area contributed by atoms with Crippen molar-refractivity contribution in [3.05, 3.63) is 90.4 Å². The van der Waals surface area contributed by atoms with Gasteiger partial charge in [0.15, 0.2) is 0 Å². The number of methoxy groups -OCH3 is 1. The normalized spacial score (nSPS) is 12.4. The second kappa shape index (κ2) is 10.1. The first-order chi connectivity index (χ1) is 14.9. The molecule has 0 saturated carbocycles. The highest BCUT2D eigenvalue weighted by Gasteiger charge is 2.34. The molecule has 0 aliphatic carbocycles. The summed E-state index contributed by atoms with van der Waals surface area (Å²) in [5.41, 5.74) is 2.33. The van der Waals surface area contributed by atoms with E-state index in [-0.39, 0.29) is 4.90 Å². The van der Waals surface area contributed by atoms with Crippen LogP contribution in [0.4, 0.5) is 5.69 Å². The van der Waals surface area contributed by atoms with Crippen LogP contribution in [-0.4, -0.2) is 21.4 Å². The maximum Gasteiger partial charge on any atom is 0.264 e. The van der Waals surface area contributed by atoms with Crippen molar-refractivity contribution in [2.45, 2.75) is 30.7 Å². The first kappa shape index (κ1) is 23.0. The van der Waals surface area contributed by atoms with E-state index in [2.05, 4.69) is 6.58 Å². The number of furan rings is 1. The Bertz CT molecular complexity index is 1090. The predicted molar refractivity (Wildman–Crippen MR) is 124 cm³/mol. The van der Waals surface area contributed by atoms with E-state index in [4.69, 9.17) is 20.8 Å². The minimum atomic E-state index is -3.92. The molecule has 0 amide bonds. The molecule has 0 bridgehead atoms. The van der Waals surface area contributed by atoms with Crippen LogP contribution in [0.2, 0.25) is 0 Å². The third-order valence-corrected chi connectivity index (χ3v) is 6.93. The minimum absolute atomic E-state index is 0.194. The maximum atomic E-state index is 13.9. The van der Waals surface area contributed by atoms with Crippen LogP contribution >= 0.6 is 11.6 Å². The van der Waals surface area contributed by atoms with Gasteiger partial charge < -0.3 is 9.15 Å². The number of alkyl halides is 1. The molecule has 0 radical (unpaired) electrons. The fourth-order valence-electron chi connectivity index (χ4n) is 3.38. The molecule has 2 aromatic carbocycles. The summed E-state index contributed by atoms with van der Waals surface area (Å²) < 4.78 is 40.0. The van der Waals surface area contributed by atoms with E-state index < -0.39 is 16.1 Å². The summed E-state index contributed by atoms with van der Waals surface area (Å²) in [6.45, 7) is 5.87. The fourth-order valence-corrected chi connectivity index (χ4v) is 5.21. The SMILES string of the molecule is C=C(C)CC(c1ccco1)N(c1ccc(OC)cc1)S(=O)(=O)c1ccc(CCCl)cc1. The van der Waals surface area contributed by atoms with Crippen LogP contribution in [0.25, 0.3) is 0 Å². The predicted octanol–water partition coefficient (Wildman–Crippen LogP) is 5.97. The van der Waals surface area contributed by atoms with Gasteiger partial charge in [0.2, 0.25) is 0 Å². The Kier molecular flexibility index (Phi) is 7.46. The molecule has 164 valence electrons. The quantitative estimate of drug-likeness (QED) is 0.276. The minimum Gasteiger partial charge on any atom is -0.497 e. The Morgan fingerprint density at radius 1 is 1.13 bits per heavy atom. The second-order valence-electron chi connectivity index (χ2n) is 7.27. The van der Waals surface area contributed by atoms with Gasteiger partial charge in [0.25, 0.3) is 10.0 Å². The zero-order valence-electron chi connectivity index (χ0n) is 17.6. The number of hydrogen-bond donors (Lipinski definition) is 0. The Morgan fingerprint density at radius 3 is 2.32 bits per heavy atom. The van der Waals surface area contributed by atoms with Gasteiger partial charge in [0, 0.05) is 5.88 Å². The number of halogens is 1. The van der Waals surface area contributed by atoms with Crippen LogP contribution in [0, 0.1) is 0 Å². The highest BCUT2D eigenvalue weighted by atomic mass is 35.5.